The minimum Gasteiger partial charge on any atom is -0.497 e. The van der Waals surface area contributed by atoms with E-state index in [1.165, 1.54) is 0 Å². The van der Waals surface area contributed by atoms with Crippen LogP contribution in [-0.4, -0.2) is 42.2 Å². The van der Waals surface area contributed by atoms with Gasteiger partial charge in [0.1, 0.15) is 11.8 Å². The Labute approximate surface area is 212 Å². The first-order chi connectivity index (χ1) is 17.0. The van der Waals surface area contributed by atoms with Gasteiger partial charge in [-0.15, -0.1) is 11.8 Å². The summed E-state index contributed by atoms with van der Waals surface area (Å²) < 4.78 is 5.22. The summed E-state index contributed by atoms with van der Waals surface area (Å²) >= 11 is 1.55. The Morgan fingerprint density at radius 3 is 2.20 bits per heavy atom. The molecule has 0 radical (unpaired) electrons. The maximum atomic E-state index is 13.6. The standard InChI is InChI=1S/C29H34N2O3S/c1-4-30-29(33)27(18-23-8-6-5-7-9-23)31(19-24-12-10-22(2)11-13-24)28(32)21-35-20-25-14-16-26(34-3)17-15-25/h5-17,27H,4,18-21H2,1-3H3,(H,30,33)/t27-/m0/s1. The molecule has 0 bridgehead atoms. The van der Waals surface area contributed by atoms with Crippen molar-refractivity contribution in [1.82, 2.24) is 10.2 Å². The summed E-state index contributed by atoms with van der Waals surface area (Å²) in [6, 6.07) is 25.3. The Kier molecular flexibility index (Phi) is 10.2. The first-order valence-corrected chi connectivity index (χ1v) is 13.0. The van der Waals surface area contributed by atoms with E-state index in [9.17, 15) is 9.59 Å². The van der Waals surface area contributed by atoms with Gasteiger partial charge in [0.25, 0.3) is 0 Å². The molecule has 6 heteroatoms. The predicted molar refractivity (Wildman–Crippen MR) is 144 cm³/mol. The van der Waals surface area contributed by atoms with E-state index < -0.39 is 6.04 Å². The largest absolute Gasteiger partial charge is 0.497 e. The second-order valence-corrected chi connectivity index (χ2v) is 9.43. The summed E-state index contributed by atoms with van der Waals surface area (Å²) in [5, 5.41) is 2.94. The number of benzene rings is 3. The van der Waals surface area contributed by atoms with Crippen LogP contribution >= 0.6 is 11.8 Å². The molecule has 1 N–H and O–H groups in total. The monoisotopic (exact) mass is 490 g/mol. The van der Waals surface area contributed by atoms with Crippen molar-refractivity contribution in [3.05, 3.63) is 101 Å². The summed E-state index contributed by atoms with van der Waals surface area (Å²) in [6.07, 6.45) is 0.466. The summed E-state index contributed by atoms with van der Waals surface area (Å²) in [6.45, 7) is 4.84. The van der Waals surface area contributed by atoms with Crippen molar-refractivity contribution in [2.45, 2.75) is 38.6 Å². The second-order valence-electron chi connectivity index (χ2n) is 8.45. The van der Waals surface area contributed by atoms with Crippen molar-refractivity contribution in [2.75, 3.05) is 19.4 Å². The van der Waals surface area contributed by atoms with Crippen molar-refractivity contribution in [1.29, 1.82) is 0 Å². The van der Waals surface area contributed by atoms with Crippen LogP contribution < -0.4 is 10.1 Å². The number of nitrogens with zero attached hydrogens (tertiary/aromatic N) is 1. The van der Waals surface area contributed by atoms with E-state index >= 15 is 0 Å². The normalized spacial score (nSPS) is 11.5. The number of ether oxygens (including phenoxy) is 1. The van der Waals surface area contributed by atoms with Crippen molar-refractivity contribution in [2.24, 2.45) is 0 Å². The van der Waals surface area contributed by atoms with Crippen molar-refractivity contribution >= 4 is 23.6 Å². The summed E-state index contributed by atoms with van der Waals surface area (Å²) in [4.78, 5) is 28.5. The molecule has 0 fully saturated rings. The van der Waals surface area contributed by atoms with Crippen molar-refractivity contribution in [3.63, 3.8) is 0 Å². The van der Waals surface area contributed by atoms with E-state index in [-0.39, 0.29) is 11.8 Å². The molecule has 5 nitrogen and oxygen atoms in total. The molecule has 0 aromatic heterocycles. The minimum atomic E-state index is -0.590. The highest BCUT2D eigenvalue weighted by molar-refractivity contribution is 7.99. The van der Waals surface area contributed by atoms with Crippen LogP contribution in [-0.2, 0) is 28.3 Å². The quantitative estimate of drug-likeness (QED) is 0.388. The molecule has 0 unspecified atom stereocenters. The Hall–Kier alpha value is -3.25. The van der Waals surface area contributed by atoms with Gasteiger partial charge < -0.3 is 15.0 Å². The van der Waals surface area contributed by atoms with Gasteiger partial charge in [-0.25, -0.2) is 0 Å². The Morgan fingerprint density at radius 1 is 0.914 bits per heavy atom. The number of rotatable bonds is 12. The van der Waals surface area contributed by atoms with Gasteiger partial charge in [0, 0.05) is 25.3 Å². The van der Waals surface area contributed by atoms with Crippen LogP contribution in [0, 0.1) is 6.92 Å². The molecule has 0 aliphatic heterocycles. The highest BCUT2D eigenvalue weighted by atomic mass is 32.2. The number of carbonyl (C=O) groups is 2. The highest BCUT2D eigenvalue weighted by Gasteiger charge is 2.30. The molecule has 3 aromatic carbocycles. The van der Waals surface area contributed by atoms with Crippen LogP contribution in [0.1, 0.15) is 29.2 Å². The first-order valence-electron chi connectivity index (χ1n) is 11.9. The van der Waals surface area contributed by atoms with E-state index in [2.05, 4.69) is 5.32 Å². The average molecular weight is 491 g/mol. The molecule has 0 spiro atoms. The van der Waals surface area contributed by atoms with Crippen LogP contribution in [0.4, 0.5) is 0 Å². The van der Waals surface area contributed by atoms with E-state index in [0.29, 0.717) is 31.0 Å². The molecule has 3 rings (SSSR count). The predicted octanol–water partition coefficient (Wildman–Crippen LogP) is 5.01. The number of carbonyl (C=O) groups excluding carboxylic acids is 2. The van der Waals surface area contributed by atoms with Gasteiger partial charge in [0.15, 0.2) is 0 Å². The molecule has 184 valence electrons. The van der Waals surface area contributed by atoms with E-state index in [4.69, 9.17) is 4.74 Å². The maximum absolute atomic E-state index is 13.6. The second kappa shape index (κ2) is 13.6. The third kappa shape index (κ3) is 8.18. The lowest BCUT2D eigenvalue weighted by Gasteiger charge is -2.31. The molecule has 0 aliphatic rings. The number of aryl methyl sites for hydroxylation is 1. The number of amides is 2. The van der Waals surface area contributed by atoms with Crippen molar-refractivity contribution < 1.29 is 14.3 Å². The fourth-order valence-corrected chi connectivity index (χ4v) is 4.67. The Morgan fingerprint density at radius 2 is 1.57 bits per heavy atom. The fourth-order valence-electron chi connectivity index (χ4n) is 3.80. The zero-order valence-electron chi connectivity index (χ0n) is 20.7. The zero-order valence-corrected chi connectivity index (χ0v) is 21.5. The summed E-state index contributed by atoms with van der Waals surface area (Å²) in [5.74, 6) is 1.64. The van der Waals surface area contributed by atoms with Gasteiger partial charge in [-0.2, -0.15) is 0 Å². The zero-order chi connectivity index (χ0) is 25.0. The molecule has 0 saturated carbocycles. The number of thioether (sulfide) groups is 1. The van der Waals surface area contributed by atoms with Gasteiger partial charge >= 0.3 is 0 Å². The van der Waals surface area contributed by atoms with E-state index in [1.54, 1.807) is 23.8 Å². The van der Waals surface area contributed by atoms with Gasteiger partial charge in [0.2, 0.25) is 11.8 Å². The molecule has 1 atom stereocenters. The molecule has 3 aromatic rings. The van der Waals surface area contributed by atoms with Crippen LogP contribution in [0.25, 0.3) is 0 Å². The number of methoxy groups -OCH3 is 1. The summed E-state index contributed by atoms with van der Waals surface area (Å²) in [5.41, 5.74) is 4.31. The molecule has 0 heterocycles. The van der Waals surface area contributed by atoms with E-state index in [0.717, 1.165) is 28.0 Å². The summed E-state index contributed by atoms with van der Waals surface area (Å²) in [7, 11) is 1.64. The number of likely N-dealkylation sites (N-methyl/N-ethyl adjacent to an activating group) is 1. The van der Waals surface area contributed by atoms with Crippen LogP contribution in [0.2, 0.25) is 0 Å². The lowest BCUT2D eigenvalue weighted by Crippen LogP contribution is -2.51. The molecule has 35 heavy (non-hydrogen) atoms. The first kappa shape index (κ1) is 26.4. The van der Waals surface area contributed by atoms with Crippen LogP contribution in [0.3, 0.4) is 0 Å². The third-order valence-corrected chi connectivity index (χ3v) is 6.74. The Bertz CT molecular complexity index is 1070. The average Bonchev–Trinajstić information content (AvgIpc) is 2.88. The van der Waals surface area contributed by atoms with Crippen LogP contribution in [0.15, 0.2) is 78.9 Å². The number of nitrogens with one attached hydrogen (secondary N) is 1. The maximum Gasteiger partial charge on any atom is 0.243 e. The topological polar surface area (TPSA) is 58.6 Å². The minimum absolute atomic E-state index is 0.0451. The van der Waals surface area contributed by atoms with E-state index in [1.807, 2.05) is 92.7 Å². The van der Waals surface area contributed by atoms with Gasteiger partial charge in [-0.3, -0.25) is 9.59 Å². The van der Waals surface area contributed by atoms with Crippen LogP contribution in [0.5, 0.6) is 5.75 Å². The fraction of sp³-hybridized carbons (Fsp3) is 0.310. The number of hydrogen-bond donors (Lipinski definition) is 1. The smallest absolute Gasteiger partial charge is 0.243 e. The molecular weight excluding hydrogens is 456 g/mol. The number of hydrogen-bond acceptors (Lipinski definition) is 4. The molecule has 0 aliphatic carbocycles. The molecule has 2 amide bonds. The SMILES string of the molecule is CCNC(=O)[C@H](Cc1ccccc1)N(Cc1ccc(C)cc1)C(=O)CSCc1ccc(OC)cc1. The van der Waals surface area contributed by atoms with Gasteiger partial charge in [0.05, 0.1) is 12.9 Å². The van der Waals surface area contributed by atoms with Gasteiger partial charge in [-0.05, 0) is 42.7 Å². The Balaban J connectivity index is 1.79. The highest BCUT2D eigenvalue weighted by Crippen LogP contribution is 2.20. The molecular formula is C29H34N2O3S. The third-order valence-electron chi connectivity index (χ3n) is 5.75. The molecule has 0 saturated heterocycles. The van der Waals surface area contributed by atoms with Crippen molar-refractivity contribution in [3.8, 4) is 5.75 Å². The lowest BCUT2D eigenvalue weighted by atomic mass is 10.0. The lowest BCUT2D eigenvalue weighted by molar-refractivity contribution is -0.139. The van der Waals surface area contributed by atoms with Gasteiger partial charge in [-0.1, -0.05) is 72.3 Å².